The van der Waals surface area contributed by atoms with Gasteiger partial charge < -0.3 is 19.5 Å². The van der Waals surface area contributed by atoms with Crippen molar-refractivity contribution in [3.63, 3.8) is 0 Å². The van der Waals surface area contributed by atoms with Crippen molar-refractivity contribution in [2.45, 2.75) is 50.2 Å². The van der Waals surface area contributed by atoms with Gasteiger partial charge in [-0.05, 0) is 43.9 Å². The third-order valence-electron chi connectivity index (χ3n) is 4.53. The molecule has 1 aliphatic carbocycles. The first-order valence-electron chi connectivity index (χ1n) is 7.54. The van der Waals surface area contributed by atoms with Crippen molar-refractivity contribution < 1.29 is 23.9 Å². The molecule has 6 heteroatoms. The lowest BCUT2D eigenvalue weighted by molar-refractivity contribution is -0.0508. The van der Waals surface area contributed by atoms with Crippen LogP contribution in [0.3, 0.4) is 0 Å². The first kappa shape index (κ1) is 14.8. The van der Waals surface area contributed by atoms with E-state index in [1.807, 2.05) is 0 Å². The molecule has 114 valence electrons. The predicted molar refractivity (Wildman–Crippen MR) is 77.0 cm³/mol. The summed E-state index contributed by atoms with van der Waals surface area (Å²) in [5.41, 5.74) is 0.0967. The summed E-state index contributed by atoms with van der Waals surface area (Å²) >= 11 is 0. The molecular weight excluding hydrogens is 274 g/mol. The van der Waals surface area contributed by atoms with E-state index in [4.69, 9.17) is 9.47 Å². The summed E-state index contributed by atoms with van der Waals surface area (Å²) in [6.45, 7) is 0.354. The van der Waals surface area contributed by atoms with E-state index in [2.05, 4.69) is 0 Å². The van der Waals surface area contributed by atoms with Crippen molar-refractivity contribution in [2.24, 2.45) is 0 Å². The Balaban J connectivity index is 1.61. The van der Waals surface area contributed by atoms with Crippen molar-refractivity contribution in [1.29, 1.82) is 0 Å². The molecule has 1 atom stereocenters. The summed E-state index contributed by atoms with van der Waals surface area (Å²) in [6.07, 6.45) is 6.76. The van der Waals surface area contributed by atoms with Crippen molar-refractivity contribution in [3.8, 4) is 5.75 Å². The molecule has 1 saturated carbocycles. The van der Waals surface area contributed by atoms with Gasteiger partial charge in [-0.3, -0.25) is 0 Å². The van der Waals surface area contributed by atoms with E-state index in [1.165, 1.54) is 25.0 Å². The quantitative estimate of drug-likeness (QED) is 0.824. The highest BCUT2D eigenvalue weighted by Crippen LogP contribution is 2.43. The molecule has 1 heterocycles. The van der Waals surface area contributed by atoms with Gasteiger partial charge in [0.15, 0.2) is 0 Å². The van der Waals surface area contributed by atoms with Crippen LogP contribution in [0.15, 0.2) is 18.2 Å². The van der Waals surface area contributed by atoms with Gasteiger partial charge in [-0.1, -0.05) is 12.8 Å². The maximum Gasteiger partial charge on any atom is 0.492 e. The largest absolute Gasteiger partial charge is 0.492 e. The number of hydrogen-bond acceptors (Lipinski definition) is 4. The van der Waals surface area contributed by atoms with Gasteiger partial charge >= 0.3 is 7.12 Å². The monoisotopic (exact) mass is 294 g/mol. The molecule has 1 aliphatic heterocycles. The smallest absolute Gasteiger partial charge is 0.491 e. The van der Waals surface area contributed by atoms with E-state index in [9.17, 15) is 14.4 Å². The Morgan fingerprint density at radius 1 is 1.29 bits per heavy atom. The first-order chi connectivity index (χ1) is 10.1. The van der Waals surface area contributed by atoms with Gasteiger partial charge in [0.25, 0.3) is 0 Å². The lowest BCUT2D eigenvalue weighted by Crippen LogP contribution is -2.33. The number of halogens is 1. The van der Waals surface area contributed by atoms with Crippen LogP contribution >= 0.6 is 0 Å². The second-order valence-electron chi connectivity index (χ2n) is 6.04. The second-order valence-corrected chi connectivity index (χ2v) is 6.04. The zero-order valence-corrected chi connectivity index (χ0v) is 11.9. The van der Waals surface area contributed by atoms with Gasteiger partial charge in [0, 0.05) is 5.46 Å². The minimum Gasteiger partial charge on any atom is -0.491 e. The maximum atomic E-state index is 13.1. The molecule has 1 unspecified atom stereocenters. The normalized spacial score (nSPS) is 23.7. The molecular formula is C15H20BFO4. The summed E-state index contributed by atoms with van der Waals surface area (Å²) in [6, 6.07) is 3.74. The highest BCUT2D eigenvalue weighted by molar-refractivity contribution is 6.59. The van der Waals surface area contributed by atoms with E-state index in [0.29, 0.717) is 12.4 Å². The van der Waals surface area contributed by atoms with Gasteiger partial charge in [0.1, 0.15) is 18.2 Å². The molecule has 1 aromatic rings. The lowest BCUT2D eigenvalue weighted by Gasteiger charge is -2.24. The van der Waals surface area contributed by atoms with Crippen LogP contribution in [0.5, 0.6) is 5.75 Å². The first-order valence-corrected chi connectivity index (χ1v) is 7.54. The van der Waals surface area contributed by atoms with E-state index < -0.39 is 12.9 Å². The summed E-state index contributed by atoms with van der Waals surface area (Å²) in [5, 5.41) is 18.5. The zero-order chi connectivity index (χ0) is 14.9. The molecule has 1 aromatic carbocycles. The van der Waals surface area contributed by atoms with Crippen LogP contribution in [-0.4, -0.2) is 35.5 Å². The Kier molecular flexibility index (Phi) is 4.20. The summed E-state index contributed by atoms with van der Waals surface area (Å²) in [5.74, 6) is -0.227. The van der Waals surface area contributed by atoms with Gasteiger partial charge in [0.05, 0.1) is 11.7 Å². The molecule has 1 spiro atoms. The average molecular weight is 294 g/mol. The minimum absolute atomic E-state index is 0.0249. The van der Waals surface area contributed by atoms with E-state index in [-0.39, 0.29) is 17.2 Å². The average Bonchev–Trinajstić information content (AvgIpc) is 3.08. The Hall–Kier alpha value is -1.11. The van der Waals surface area contributed by atoms with Crippen LogP contribution < -0.4 is 10.2 Å². The van der Waals surface area contributed by atoms with E-state index in [0.717, 1.165) is 31.7 Å². The fraction of sp³-hybridized carbons (Fsp3) is 0.600. The summed E-state index contributed by atoms with van der Waals surface area (Å²) < 4.78 is 24.9. The van der Waals surface area contributed by atoms with Crippen LogP contribution in [0.1, 0.15) is 38.5 Å². The van der Waals surface area contributed by atoms with Gasteiger partial charge in [-0.2, -0.15) is 0 Å². The molecule has 2 aliphatic rings. The van der Waals surface area contributed by atoms with Gasteiger partial charge in [-0.15, -0.1) is 0 Å². The van der Waals surface area contributed by atoms with Crippen LogP contribution in [0.2, 0.25) is 0 Å². The minimum atomic E-state index is -1.75. The van der Waals surface area contributed by atoms with Gasteiger partial charge in [0.2, 0.25) is 0 Å². The molecule has 3 rings (SSSR count). The lowest BCUT2D eigenvalue weighted by atomic mass is 9.79. The van der Waals surface area contributed by atoms with Gasteiger partial charge in [-0.25, -0.2) is 4.39 Å². The fourth-order valence-electron chi connectivity index (χ4n) is 3.44. The summed E-state index contributed by atoms with van der Waals surface area (Å²) in [4.78, 5) is 0. The third kappa shape index (κ3) is 3.22. The zero-order valence-electron chi connectivity index (χ0n) is 11.9. The second kappa shape index (κ2) is 5.95. The third-order valence-corrected chi connectivity index (χ3v) is 4.53. The molecule has 4 nitrogen and oxygen atoms in total. The number of ether oxygens (including phenoxy) is 2. The topological polar surface area (TPSA) is 58.9 Å². The van der Waals surface area contributed by atoms with Crippen molar-refractivity contribution in [2.75, 3.05) is 6.61 Å². The SMILES string of the molecule is OB(O)c1cc(F)ccc1OCC1CCC2(CCCC2)O1. The fourth-order valence-corrected chi connectivity index (χ4v) is 3.44. The van der Waals surface area contributed by atoms with Crippen LogP contribution in [0.25, 0.3) is 0 Å². The number of rotatable bonds is 4. The van der Waals surface area contributed by atoms with Crippen LogP contribution in [-0.2, 0) is 4.74 Å². The van der Waals surface area contributed by atoms with Crippen LogP contribution in [0.4, 0.5) is 4.39 Å². The molecule has 0 radical (unpaired) electrons. The van der Waals surface area contributed by atoms with E-state index in [1.54, 1.807) is 0 Å². The standard InChI is InChI=1S/C15H20BFO4/c17-11-3-4-14(13(9-11)16(18)19)20-10-12-5-8-15(21-12)6-1-2-7-15/h3-4,9,12,18-19H,1-2,5-8,10H2. The molecule has 0 amide bonds. The maximum absolute atomic E-state index is 13.1. The van der Waals surface area contributed by atoms with E-state index >= 15 is 0 Å². The molecule has 2 fully saturated rings. The Morgan fingerprint density at radius 3 is 2.76 bits per heavy atom. The number of hydrogen-bond donors (Lipinski definition) is 2. The predicted octanol–water partition coefficient (Wildman–Crippen LogP) is 1.38. The molecule has 0 aromatic heterocycles. The molecule has 21 heavy (non-hydrogen) atoms. The highest BCUT2D eigenvalue weighted by atomic mass is 19.1. The highest BCUT2D eigenvalue weighted by Gasteiger charge is 2.42. The number of benzene rings is 1. The Labute approximate surface area is 124 Å². The van der Waals surface area contributed by atoms with Crippen molar-refractivity contribution >= 4 is 12.6 Å². The molecule has 1 saturated heterocycles. The molecule has 2 N–H and O–H groups in total. The summed E-state index contributed by atoms with van der Waals surface area (Å²) in [7, 11) is -1.75. The Bertz CT molecular complexity index is 502. The van der Waals surface area contributed by atoms with Crippen molar-refractivity contribution in [1.82, 2.24) is 0 Å². The Morgan fingerprint density at radius 2 is 2.05 bits per heavy atom. The van der Waals surface area contributed by atoms with Crippen molar-refractivity contribution in [3.05, 3.63) is 24.0 Å². The van der Waals surface area contributed by atoms with Crippen LogP contribution in [0, 0.1) is 5.82 Å². The molecule has 0 bridgehead atoms.